The largest absolute Gasteiger partial charge is 0.545 e. The molecule has 1 unspecified atom stereocenters. The van der Waals surface area contributed by atoms with Crippen LogP contribution >= 0.6 is 0 Å². The van der Waals surface area contributed by atoms with Gasteiger partial charge in [-0.3, -0.25) is 0 Å². The van der Waals surface area contributed by atoms with E-state index in [0.717, 1.165) is 18.9 Å². The first-order valence-corrected chi connectivity index (χ1v) is 7.82. The standard InChI is InChI=1S/C13H17NO5S/c1-9-4-5-10(13(15)16)7-12(9)20(17,18)14-8-11-3-2-6-19-11/h4-5,7,11,14H,2-3,6,8H2,1H3,(H,15,16)/p-1. The van der Waals surface area contributed by atoms with Gasteiger partial charge in [-0.15, -0.1) is 0 Å². The Balaban J connectivity index is 2.19. The van der Waals surface area contributed by atoms with Crippen molar-refractivity contribution in [1.82, 2.24) is 4.72 Å². The van der Waals surface area contributed by atoms with E-state index >= 15 is 0 Å². The third-order valence-electron chi connectivity index (χ3n) is 3.24. The summed E-state index contributed by atoms with van der Waals surface area (Å²) < 4.78 is 32.2. The van der Waals surface area contributed by atoms with Crippen LogP contribution in [0.15, 0.2) is 23.1 Å². The first kappa shape index (κ1) is 15.0. The van der Waals surface area contributed by atoms with Crippen molar-refractivity contribution < 1.29 is 23.1 Å². The maximum absolute atomic E-state index is 12.2. The number of ether oxygens (including phenoxy) is 1. The molecule has 0 amide bonds. The Labute approximate surface area is 117 Å². The molecule has 1 saturated heterocycles. The van der Waals surface area contributed by atoms with E-state index in [9.17, 15) is 18.3 Å². The molecule has 1 aliphatic rings. The lowest BCUT2D eigenvalue weighted by Gasteiger charge is -2.14. The summed E-state index contributed by atoms with van der Waals surface area (Å²) in [6.45, 7) is 2.45. The zero-order chi connectivity index (χ0) is 14.8. The molecule has 2 rings (SSSR count). The average molecular weight is 298 g/mol. The van der Waals surface area contributed by atoms with Crippen LogP contribution < -0.4 is 9.83 Å². The van der Waals surface area contributed by atoms with Crippen LogP contribution in [0, 0.1) is 6.92 Å². The van der Waals surface area contributed by atoms with Gasteiger partial charge in [0.05, 0.1) is 17.0 Å². The summed E-state index contributed by atoms with van der Waals surface area (Å²) in [4.78, 5) is 10.8. The molecule has 0 spiro atoms. The Kier molecular flexibility index (Phi) is 4.42. The summed E-state index contributed by atoms with van der Waals surface area (Å²) in [7, 11) is -3.76. The lowest BCUT2D eigenvalue weighted by molar-refractivity contribution is -0.255. The van der Waals surface area contributed by atoms with Crippen molar-refractivity contribution >= 4 is 16.0 Å². The Hall–Kier alpha value is -1.44. The van der Waals surface area contributed by atoms with Gasteiger partial charge < -0.3 is 14.6 Å². The summed E-state index contributed by atoms with van der Waals surface area (Å²) in [5.41, 5.74) is 0.322. The fourth-order valence-electron chi connectivity index (χ4n) is 2.10. The molecule has 110 valence electrons. The topological polar surface area (TPSA) is 95.5 Å². The number of aryl methyl sites for hydroxylation is 1. The van der Waals surface area contributed by atoms with Crippen molar-refractivity contribution in [3.63, 3.8) is 0 Å². The smallest absolute Gasteiger partial charge is 0.240 e. The summed E-state index contributed by atoms with van der Waals surface area (Å²) in [5, 5.41) is 10.8. The molecule has 1 aliphatic heterocycles. The van der Waals surface area contributed by atoms with E-state index in [-0.39, 0.29) is 23.1 Å². The molecule has 20 heavy (non-hydrogen) atoms. The summed E-state index contributed by atoms with van der Waals surface area (Å²) in [6, 6.07) is 3.89. The second kappa shape index (κ2) is 5.90. The number of nitrogens with one attached hydrogen (secondary N) is 1. The number of carboxylic acid groups (broad SMARTS) is 1. The molecular weight excluding hydrogens is 282 g/mol. The van der Waals surface area contributed by atoms with Crippen LogP contribution in [0.2, 0.25) is 0 Å². The average Bonchev–Trinajstić information content (AvgIpc) is 2.89. The fourth-order valence-corrected chi connectivity index (χ4v) is 3.44. The second-order valence-electron chi connectivity index (χ2n) is 4.75. The molecule has 0 saturated carbocycles. The molecule has 1 atom stereocenters. The van der Waals surface area contributed by atoms with Crippen LogP contribution in [-0.2, 0) is 14.8 Å². The maximum Gasteiger partial charge on any atom is 0.240 e. The molecule has 1 aromatic carbocycles. The van der Waals surface area contributed by atoms with Gasteiger partial charge in [-0.05, 0) is 37.0 Å². The number of rotatable bonds is 5. The molecule has 0 aromatic heterocycles. The lowest BCUT2D eigenvalue weighted by Crippen LogP contribution is -2.32. The van der Waals surface area contributed by atoms with Gasteiger partial charge in [0.2, 0.25) is 10.0 Å². The van der Waals surface area contributed by atoms with Crippen LogP contribution in [0.3, 0.4) is 0 Å². The lowest BCUT2D eigenvalue weighted by atomic mass is 10.1. The van der Waals surface area contributed by atoms with Gasteiger partial charge in [0.25, 0.3) is 0 Å². The monoisotopic (exact) mass is 298 g/mol. The predicted molar refractivity (Wildman–Crippen MR) is 69.7 cm³/mol. The third-order valence-corrected chi connectivity index (χ3v) is 4.80. The Bertz CT molecular complexity index is 605. The third kappa shape index (κ3) is 3.36. The molecule has 0 radical (unpaired) electrons. The minimum atomic E-state index is -3.76. The highest BCUT2D eigenvalue weighted by atomic mass is 32.2. The van der Waals surface area contributed by atoms with Crippen molar-refractivity contribution in [2.45, 2.75) is 30.8 Å². The molecule has 6 nitrogen and oxygen atoms in total. The normalized spacial score (nSPS) is 19.1. The van der Waals surface area contributed by atoms with E-state index in [1.54, 1.807) is 6.92 Å². The predicted octanol–water partition coefficient (Wildman–Crippen LogP) is -0.184. The highest BCUT2D eigenvalue weighted by molar-refractivity contribution is 7.89. The molecule has 0 aliphatic carbocycles. The number of hydrogen-bond acceptors (Lipinski definition) is 5. The van der Waals surface area contributed by atoms with Crippen LogP contribution in [0.25, 0.3) is 0 Å². The molecule has 1 aromatic rings. The molecule has 1 fully saturated rings. The minimum Gasteiger partial charge on any atom is -0.545 e. The van der Waals surface area contributed by atoms with Gasteiger partial charge in [-0.25, -0.2) is 13.1 Å². The Morgan fingerprint density at radius 1 is 1.50 bits per heavy atom. The molecule has 7 heteroatoms. The quantitative estimate of drug-likeness (QED) is 0.813. The number of carbonyl (C=O) groups is 1. The van der Waals surface area contributed by atoms with Gasteiger partial charge in [0, 0.05) is 13.2 Å². The van der Waals surface area contributed by atoms with Crippen LogP contribution in [-0.4, -0.2) is 33.6 Å². The van der Waals surface area contributed by atoms with Crippen molar-refractivity contribution in [1.29, 1.82) is 0 Å². The van der Waals surface area contributed by atoms with E-state index < -0.39 is 16.0 Å². The zero-order valence-corrected chi connectivity index (χ0v) is 11.9. The number of hydrogen-bond donors (Lipinski definition) is 1. The molecular formula is C13H16NO5S-. The summed E-state index contributed by atoms with van der Waals surface area (Å²) in [6.07, 6.45) is 1.63. The highest BCUT2D eigenvalue weighted by Gasteiger charge is 2.21. The van der Waals surface area contributed by atoms with Crippen molar-refractivity contribution in [2.75, 3.05) is 13.2 Å². The first-order chi connectivity index (χ1) is 9.40. The zero-order valence-electron chi connectivity index (χ0n) is 11.1. The number of sulfonamides is 1. The van der Waals surface area contributed by atoms with Gasteiger partial charge >= 0.3 is 0 Å². The van der Waals surface area contributed by atoms with E-state index in [2.05, 4.69) is 4.72 Å². The first-order valence-electron chi connectivity index (χ1n) is 6.33. The van der Waals surface area contributed by atoms with Gasteiger partial charge in [-0.2, -0.15) is 0 Å². The SMILES string of the molecule is Cc1ccc(C(=O)[O-])cc1S(=O)(=O)NCC1CCCO1. The molecule has 0 bridgehead atoms. The van der Waals surface area contributed by atoms with Crippen LogP contribution in [0.1, 0.15) is 28.8 Å². The highest BCUT2D eigenvalue weighted by Crippen LogP contribution is 2.18. The number of carbonyl (C=O) groups excluding carboxylic acids is 1. The maximum atomic E-state index is 12.2. The Morgan fingerprint density at radius 2 is 2.25 bits per heavy atom. The number of benzene rings is 1. The fraction of sp³-hybridized carbons (Fsp3) is 0.462. The minimum absolute atomic E-state index is 0.0443. The molecule has 1 heterocycles. The van der Waals surface area contributed by atoms with Crippen molar-refractivity contribution in [3.05, 3.63) is 29.3 Å². The van der Waals surface area contributed by atoms with Crippen LogP contribution in [0.5, 0.6) is 0 Å². The van der Waals surface area contributed by atoms with E-state index in [1.807, 2.05) is 0 Å². The van der Waals surface area contributed by atoms with E-state index in [0.29, 0.717) is 12.2 Å². The number of carboxylic acids is 1. The van der Waals surface area contributed by atoms with Crippen LogP contribution in [0.4, 0.5) is 0 Å². The van der Waals surface area contributed by atoms with E-state index in [4.69, 9.17) is 4.74 Å². The van der Waals surface area contributed by atoms with Gasteiger partial charge in [0.1, 0.15) is 0 Å². The second-order valence-corrected chi connectivity index (χ2v) is 6.49. The van der Waals surface area contributed by atoms with E-state index in [1.165, 1.54) is 12.1 Å². The van der Waals surface area contributed by atoms with Gasteiger partial charge in [-0.1, -0.05) is 12.1 Å². The molecule has 1 N–H and O–H groups in total. The van der Waals surface area contributed by atoms with Gasteiger partial charge in [0.15, 0.2) is 0 Å². The number of aromatic carboxylic acids is 1. The van der Waals surface area contributed by atoms with Crippen molar-refractivity contribution in [2.24, 2.45) is 0 Å². The summed E-state index contributed by atoms with van der Waals surface area (Å²) in [5.74, 6) is -1.40. The van der Waals surface area contributed by atoms with Crippen molar-refractivity contribution in [3.8, 4) is 0 Å². The summed E-state index contributed by atoms with van der Waals surface area (Å²) >= 11 is 0. The Morgan fingerprint density at radius 3 is 2.85 bits per heavy atom.